The minimum absolute atomic E-state index is 0.659. The Morgan fingerprint density at radius 1 is 1.32 bits per heavy atom. The first-order valence-electron chi connectivity index (χ1n) is 5.58. The number of thioether (sulfide) groups is 1. The van der Waals surface area contributed by atoms with Crippen molar-refractivity contribution in [3.63, 3.8) is 0 Å². The van der Waals surface area contributed by atoms with Crippen molar-refractivity contribution in [3.05, 3.63) is 39.0 Å². The first kappa shape index (κ1) is 13.2. The van der Waals surface area contributed by atoms with E-state index in [9.17, 15) is 0 Å². The monoisotopic (exact) mass is 356 g/mol. The topological polar surface area (TPSA) is 63.8 Å². The van der Waals surface area contributed by atoms with Crippen LogP contribution in [0.4, 0.5) is 5.82 Å². The highest BCUT2D eigenvalue weighted by molar-refractivity contribution is 9.10. The molecule has 3 N–H and O–H groups in total. The Bertz CT molecular complexity index is 650. The van der Waals surface area contributed by atoms with Gasteiger partial charge >= 0.3 is 0 Å². The number of hydrogen-bond acceptors (Lipinski definition) is 5. The Labute approximate surface area is 128 Å². The smallest absolute Gasteiger partial charge is 0.161 e. The molecule has 1 aromatic carbocycles. The van der Waals surface area contributed by atoms with Crippen molar-refractivity contribution in [1.29, 1.82) is 0 Å². The summed E-state index contributed by atoms with van der Waals surface area (Å²) in [5, 5.41) is 0.664. The second-order valence-electron chi connectivity index (χ2n) is 4.09. The number of fused-ring (bicyclic) bond motifs is 1. The standard InChI is InChI=1S/C12H10BrClN4S/c13-8-3-6(1-2-9(8)14)11-16-10-5-19-4-7(10)12(17-11)18-15/h1-3H,4-5,15H2,(H,16,17,18). The number of halogens is 2. The SMILES string of the molecule is NNc1nc(-c2ccc(Cl)c(Br)c2)nc2c1CSC2. The van der Waals surface area contributed by atoms with Gasteiger partial charge in [-0.15, -0.1) is 0 Å². The van der Waals surface area contributed by atoms with Crippen LogP contribution >= 0.6 is 39.3 Å². The average Bonchev–Trinajstić information content (AvgIpc) is 2.89. The molecule has 98 valence electrons. The van der Waals surface area contributed by atoms with Crippen LogP contribution in [-0.2, 0) is 11.5 Å². The van der Waals surface area contributed by atoms with Gasteiger partial charge in [0, 0.05) is 27.1 Å². The number of nitrogens with zero attached hydrogens (tertiary/aromatic N) is 2. The van der Waals surface area contributed by atoms with E-state index in [-0.39, 0.29) is 0 Å². The van der Waals surface area contributed by atoms with Crippen LogP contribution in [0, 0.1) is 0 Å². The Balaban J connectivity index is 2.12. The molecule has 1 aromatic heterocycles. The average molecular weight is 358 g/mol. The van der Waals surface area contributed by atoms with E-state index in [1.54, 1.807) is 0 Å². The predicted molar refractivity (Wildman–Crippen MR) is 83.0 cm³/mol. The molecule has 7 heteroatoms. The van der Waals surface area contributed by atoms with Crippen molar-refractivity contribution in [2.75, 3.05) is 5.43 Å². The molecule has 2 aromatic rings. The lowest BCUT2D eigenvalue weighted by molar-refractivity contribution is 1.06. The Morgan fingerprint density at radius 2 is 2.16 bits per heavy atom. The van der Waals surface area contributed by atoms with E-state index < -0.39 is 0 Å². The van der Waals surface area contributed by atoms with E-state index in [1.807, 2.05) is 30.0 Å². The molecular weight excluding hydrogens is 348 g/mol. The lowest BCUT2D eigenvalue weighted by atomic mass is 10.2. The lowest BCUT2D eigenvalue weighted by Gasteiger charge is -2.09. The minimum Gasteiger partial charge on any atom is -0.308 e. The summed E-state index contributed by atoms with van der Waals surface area (Å²) in [5.41, 5.74) is 5.72. The van der Waals surface area contributed by atoms with E-state index in [1.165, 1.54) is 0 Å². The third kappa shape index (κ3) is 2.45. The van der Waals surface area contributed by atoms with E-state index in [0.717, 1.165) is 32.8 Å². The molecule has 0 spiro atoms. The Kier molecular flexibility index (Phi) is 3.66. The van der Waals surface area contributed by atoms with Crippen LogP contribution in [-0.4, -0.2) is 9.97 Å². The minimum atomic E-state index is 0.659. The molecule has 0 amide bonds. The van der Waals surface area contributed by atoms with Crippen LogP contribution in [0.1, 0.15) is 11.3 Å². The van der Waals surface area contributed by atoms with Gasteiger partial charge in [0.15, 0.2) is 5.82 Å². The molecule has 0 bridgehead atoms. The van der Waals surface area contributed by atoms with Gasteiger partial charge in [0.25, 0.3) is 0 Å². The highest BCUT2D eigenvalue weighted by atomic mass is 79.9. The quantitative estimate of drug-likeness (QED) is 0.635. The van der Waals surface area contributed by atoms with Gasteiger partial charge in [-0.1, -0.05) is 11.6 Å². The van der Waals surface area contributed by atoms with Crippen LogP contribution in [0.15, 0.2) is 22.7 Å². The van der Waals surface area contributed by atoms with Crippen LogP contribution in [0.2, 0.25) is 5.02 Å². The first-order chi connectivity index (χ1) is 9.19. The van der Waals surface area contributed by atoms with Crippen LogP contribution in [0.3, 0.4) is 0 Å². The summed E-state index contributed by atoms with van der Waals surface area (Å²) in [6.45, 7) is 0. The Hall–Kier alpha value is -0.820. The summed E-state index contributed by atoms with van der Waals surface area (Å²) >= 11 is 11.2. The number of nitrogens with one attached hydrogen (secondary N) is 1. The molecule has 0 saturated carbocycles. The van der Waals surface area contributed by atoms with Crippen molar-refractivity contribution in [2.24, 2.45) is 5.84 Å². The highest BCUT2D eigenvalue weighted by Gasteiger charge is 2.20. The second-order valence-corrected chi connectivity index (χ2v) is 6.33. The van der Waals surface area contributed by atoms with E-state index in [0.29, 0.717) is 16.7 Å². The number of hydrazine groups is 1. The van der Waals surface area contributed by atoms with Crippen LogP contribution in [0.5, 0.6) is 0 Å². The number of hydrogen-bond donors (Lipinski definition) is 2. The molecule has 1 aliphatic rings. The Morgan fingerprint density at radius 3 is 2.89 bits per heavy atom. The maximum Gasteiger partial charge on any atom is 0.161 e. The molecule has 0 aliphatic carbocycles. The van der Waals surface area contributed by atoms with Gasteiger partial charge < -0.3 is 5.43 Å². The van der Waals surface area contributed by atoms with Gasteiger partial charge in [0.2, 0.25) is 0 Å². The third-order valence-corrected chi connectivity index (χ3v) is 5.08. The predicted octanol–water partition coefficient (Wildman–Crippen LogP) is 3.59. The van der Waals surface area contributed by atoms with Gasteiger partial charge in [-0.3, -0.25) is 0 Å². The van der Waals surface area contributed by atoms with Crippen molar-refractivity contribution >= 4 is 45.1 Å². The van der Waals surface area contributed by atoms with Crippen LogP contribution in [0.25, 0.3) is 11.4 Å². The zero-order chi connectivity index (χ0) is 13.4. The molecule has 0 saturated heterocycles. The van der Waals surface area contributed by atoms with Gasteiger partial charge in [0.05, 0.1) is 10.7 Å². The third-order valence-electron chi connectivity index (χ3n) is 2.89. The molecule has 2 heterocycles. The molecule has 4 nitrogen and oxygen atoms in total. The fraction of sp³-hybridized carbons (Fsp3) is 0.167. The summed E-state index contributed by atoms with van der Waals surface area (Å²) in [4.78, 5) is 9.09. The van der Waals surface area contributed by atoms with E-state index in [4.69, 9.17) is 17.4 Å². The van der Waals surface area contributed by atoms with Crippen molar-refractivity contribution in [2.45, 2.75) is 11.5 Å². The van der Waals surface area contributed by atoms with Gasteiger partial charge in [-0.05, 0) is 34.1 Å². The zero-order valence-electron chi connectivity index (χ0n) is 9.78. The fourth-order valence-electron chi connectivity index (χ4n) is 1.93. The normalized spacial score (nSPS) is 13.4. The highest BCUT2D eigenvalue weighted by Crippen LogP contribution is 2.35. The molecule has 0 atom stereocenters. The molecule has 0 unspecified atom stereocenters. The van der Waals surface area contributed by atoms with Gasteiger partial charge in [-0.25, -0.2) is 15.8 Å². The number of benzene rings is 1. The largest absolute Gasteiger partial charge is 0.308 e. The van der Waals surface area contributed by atoms with Gasteiger partial charge in [0.1, 0.15) is 5.82 Å². The molecule has 19 heavy (non-hydrogen) atoms. The summed E-state index contributed by atoms with van der Waals surface area (Å²) in [5.74, 6) is 8.71. The fourth-order valence-corrected chi connectivity index (χ4v) is 3.47. The summed E-state index contributed by atoms with van der Waals surface area (Å²) in [6.07, 6.45) is 0. The van der Waals surface area contributed by atoms with Crippen molar-refractivity contribution in [1.82, 2.24) is 9.97 Å². The van der Waals surface area contributed by atoms with E-state index in [2.05, 4.69) is 31.3 Å². The molecule has 3 rings (SSSR count). The maximum atomic E-state index is 6.00. The summed E-state index contributed by atoms with van der Waals surface area (Å²) < 4.78 is 0.826. The number of aromatic nitrogens is 2. The number of rotatable bonds is 2. The molecule has 1 aliphatic heterocycles. The van der Waals surface area contributed by atoms with E-state index >= 15 is 0 Å². The number of nitrogens with two attached hydrogens (primary N) is 1. The second kappa shape index (κ2) is 5.28. The van der Waals surface area contributed by atoms with Crippen molar-refractivity contribution in [3.8, 4) is 11.4 Å². The zero-order valence-corrected chi connectivity index (χ0v) is 12.9. The van der Waals surface area contributed by atoms with Crippen LogP contribution < -0.4 is 11.3 Å². The summed E-state index contributed by atoms with van der Waals surface area (Å²) in [6, 6.07) is 5.63. The summed E-state index contributed by atoms with van der Waals surface area (Å²) in [7, 11) is 0. The number of anilines is 1. The van der Waals surface area contributed by atoms with Crippen molar-refractivity contribution < 1.29 is 0 Å². The molecule has 0 fully saturated rings. The molecule has 0 radical (unpaired) electrons. The number of nitrogen functional groups attached to an aromatic ring is 1. The van der Waals surface area contributed by atoms with Gasteiger partial charge in [-0.2, -0.15) is 11.8 Å². The maximum absolute atomic E-state index is 6.00. The lowest BCUT2D eigenvalue weighted by Crippen LogP contribution is -2.12. The molecular formula is C12H10BrClN4S. The first-order valence-corrected chi connectivity index (χ1v) is 7.91.